The molecule has 12 heteroatoms. The lowest BCUT2D eigenvalue weighted by atomic mass is 9.94. The van der Waals surface area contributed by atoms with Crippen molar-refractivity contribution in [1.29, 1.82) is 0 Å². The quantitative estimate of drug-likeness (QED) is 0.186. The maximum absolute atomic E-state index is 13.6. The van der Waals surface area contributed by atoms with Crippen molar-refractivity contribution in [3.05, 3.63) is 67.6 Å². The first-order chi connectivity index (χ1) is 19.6. The Labute approximate surface area is 244 Å². The maximum atomic E-state index is 13.6. The van der Waals surface area contributed by atoms with Crippen molar-refractivity contribution in [2.24, 2.45) is 4.99 Å². The van der Waals surface area contributed by atoms with Gasteiger partial charge >= 0.3 is 11.9 Å². The van der Waals surface area contributed by atoms with Gasteiger partial charge in [0.2, 0.25) is 5.75 Å². The summed E-state index contributed by atoms with van der Waals surface area (Å²) in [5.74, 6) is -0.414. The van der Waals surface area contributed by atoms with Gasteiger partial charge in [0, 0.05) is 12.1 Å². The number of nitro benzene ring substituents is 1. The maximum Gasteiger partial charge on any atom is 0.416 e. The van der Waals surface area contributed by atoms with Gasteiger partial charge in [-0.15, -0.1) is 0 Å². The van der Waals surface area contributed by atoms with E-state index in [1.54, 1.807) is 18.2 Å². The summed E-state index contributed by atoms with van der Waals surface area (Å²) in [4.78, 5) is 31.5. The van der Waals surface area contributed by atoms with Gasteiger partial charge in [-0.3, -0.25) is 24.8 Å². The summed E-state index contributed by atoms with van der Waals surface area (Å²) in [5, 5.41) is 12.3. The molecule has 41 heavy (non-hydrogen) atoms. The highest BCUT2D eigenvalue weighted by atomic mass is 35.5. The van der Waals surface area contributed by atoms with Crippen LogP contribution in [0.1, 0.15) is 75.3 Å². The first kappa shape index (κ1) is 29.4. The molecule has 5 rings (SSSR count). The van der Waals surface area contributed by atoms with Gasteiger partial charge in [0.1, 0.15) is 5.75 Å². The van der Waals surface area contributed by atoms with E-state index in [0.29, 0.717) is 22.6 Å². The SMILES string of the molecule is O=C1/C(=C/c2ccc(Oc3ccc(C(F)(F)F)cc3[N+](=O)[O-])c(Cl)c2)SC(=NC2CCCCC2)N1C1CCCCC1. The number of carbonyl (C=O) groups excluding carboxylic acids is 1. The van der Waals surface area contributed by atoms with E-state index in [-0.39, 0.29) is 34.5 Å². The van der Waals surface area contributed by atoms with Crippen LogP contribution >= 0.6 is 23.4 Å². The number of nitrogens with zero attached hydrogens (tertiary/aromatic N) is 3. The van der Waals surface area contributed by atoms with Crippen molar-refractivity contribution in [2.45, 2.75) is 82.5 Å². The molecule has 2 aromatic carbocycles. The summed E-state index contributed by atoms with van der Waals surface area (Å²) in [6.45, 7) is 0. The molecule has 7 nitrogen and oxygen atoms in total. The Balaban J connectivity index is 1.39. The molecule has 0 N–H and O–H groups in total. The summed E-state index contributed by atoms with van der Waals surface area (Å²) < 4.78 is 44.7. The highest BCUT2D eigenvalue weighted by Crippen LogP contribution is 2.41. The molecule has 0 spiro atoms. The predicted molar refractivity (Wildman–Crippen MR) is 153 cm³/mol. The Bertz CT molecular complexity index is 1390. The van der Waals surface area contributed by atoms with Crippen molar-refractivity contribution >= 4 is 46.2 Å². The van der Waals surface area contributed by atoms with E-state index in [1.165, 1.54) is 30.7 Å². The van der Waals surface area contributed by atoms with Crippen molar-refractivity contribution < 1.29 is 27.6 Å². The van der Waals surface area contributed by atoms with Gasteiger partial charge < -0.3 is 4.74 Å². The van der Waals surface area contributed by atoms with Crippen LogP contribution in [0, 0.1) is 10.1 Å². The first-order valence-corrected chi connectivity index (χ1v) is 14.9. The zero-order valence-corrected chi connectivity index (χ0v) is 23.7. The average Bonchev–Trinajstić information content (AvgIpc) is 3.24. The van der Waals surface area contributed by atoms with Crippen LogP contribution in [0.25, 0.3) is 6.08 Å². The average molecular weight is 608 g/mol. The Hall–Kier alpha value is -3.05. The van der Waals surface area contributed by atoms with Gasteiger partial charge in [0.25, 0.3) is 5.91 Å². The van der Waals surface area contributed by atoms with E-state index in [1.807, 2.05) is 4.90 Å². The lowest BCUT2D eigenvalue weighted by molar-refractivity contribution is -0.385. The fourth-order valence-electron chi connectivity index (χ4n) is 5.49. The lowest BCUT2D eigenvalue weighted by Gasteiger charge is -2.31. The molecule has 1 saturated heterocycles. The van der Waals surface area contributed by atoms with Crippen LogP contribution in [-0.4, -0.2) is 33.0 Å². The van der Waals surface area contributed by atoms with Gasteiger partial charge in [-0.05, 0) is 73.4 Å². The largest absolute Gasteiger partial charge is 0.449 e. The second-order valence-corrected chi connectivity index (χ2v) is 11.9. The van der Waals surface area contributed by atoms with Crippen molar-refractivity contribution in [3.8, 4) is 11.5 Å². The molecule has 3 fully saturated rings. The highest BCUT2D eigenvalue weighted by molar-refractivity contribution is 8.18. The van der Waals surface area contributed by atoms with Crippen molar-refractivity contribution in [2.75, 3.05) is 0 Å². The van der Waals surface area contributed by atoms with Gasteiger partial charge in [-0.2, -0.15) is 13.2 Å². The second kappa shape index (κ2) is 12.4. The number of amides is 1. The molecule has 218 valence electrons. The van der Waals surface area contributed by atoms with Crippen molar-refractivity contribution in [1.82, 2.24) is 4.90 Å². The van der Waals surface area contributed by atoms with Crippen LogP contribution in [0.4, 0.5) is 18.9 Å². The molecule has 1 amide bonds. The predicted octanol–water partition coefficient (Wildman–Crippen LogP) is 9.00. The van der Waals surface area contributed by atoms with E-state index in [2.05, 4.69) is 0 Å². The van der Waals surface area contributed by atoms with E-state index in [0.717, 1.165) is 62.6 Å². The van der Waals surface area contributed by atoms with Crippen LogP contribution in [0.15, 0.2) is 46.3 Å². The normalized spacial score (nSPS) is 21.2. The zero-order chi connectivity index (χ0) is 29.1. The molecule has 3 aliphatic rings. The van der Waals surface area contributed by atoms with Crippen LogP contribution in [0.3, 0.4) is 0 Å². The summed E-state index contributed by atoms with van der Waals surface area (Å²) in [5.41, 5.74) is -1.37. The van der Waals surface area contributed by atoms with Gasteiger partial charge in [0.05, 0.1) is 26.5 Å². The summed E-state index contributed by atoms with van der Waals surface area (Å²) in [6.07, 6.45) is 7.84. The number of aliphatic imine (C=N–C) groups is 1. The molecule has 0 radical (unpaired) electrons. The Morgan fingerprint density at radius 1 is 1.00 bits per heavy atom. The fraction of sp³-hybridized carbons (Fsp3) is 0.448. The van der Waals surface area contributed by atoms with Crippen LogP contribution < -0.4 is 4.74 Å². The Morgan fingerprint density at radius 3 is 2.29 bits per heavy atom. The summed E-state index contributed by atoms with van der Waals surface area (Å²) in [6, 6.07) is 7.05. The van der Waals surface area contributed by atoms with Crippen LogP contribution in [0.2, 0.25) is 5.02 Å². The number of benzene rings is 2. The Kier molecular flexibility index (Phi) is 8.94. The van der Waals surface area contributed by atoms with E-state index in [9.17, 15) is 28.1 Å². The fourth-order valence-corrected chi connectivity index (χ4v) is 6.82. The minimum absolute atomic E-state index is 0.0328. The number of carbonyl (C=O) groups is 1. The monoisotopic (exact) mass is 607 g/mol. The first-order valence-electron chi connectivity index (χ1n) is 13.7. The highest BCUT2D eigenvalue weighted by Gasteiger charge is 2.39. The molecule has 0 atom stereocenters. The minimum atomic E-state index is -4.74. The van der Waals surface area contributed by atoms with Gasteiger partial charge in [-0.25, -0.2) is 0 Å². The number of thioether (sulfide) groups is 1. The molecule has 0 aromatic heterocycles. The molecule has 2 aromatic rings. The second-order valence-electron chi connectivity index (χ2n) is 10.5. The third-order valence-electron chi connectivity index (χ3n) is 7.60. The van der Waals surface area contributed by atoms with Gasteiger partial charge in [-0.1, -0.05) is 56.2 Å². The molecule has 2 aliphatic carbocycles. The van der Waals surface area contributed by atoms with E-state index >= 15 is 0 Å². The number of rotatable bonds is 6. The summed E-state index contributed by atoms with van der Waals surface area (Å²) >= 11 is 7.79. The number of hydrogen-bond donors (Lipinski definition) is 0. The minimum Gasteiger partial charge on any atom is -0.449 e. The molecular formula is C29H29ClF3N3O4S. The third kappa shape index (κ3) is 6.89. The number of ether oxygens (including phenoxy) is 1. The van der Waals surface area contributed by atoms with E-state index in [4.69, 9.17) is 21.3 Å². The number of amidine groups is 1. The van der Waals surface area contributed by atoms with Crippen molar-refractivity contribution in [3.63, 3.8) is 0 Å². The Morgan fingerprint density at radius 2 is 1.66 bits per heavy atom. The molecular weight excluding hydrogens is 579 g/mol. The molecule has 1 aliphatic heterocycles. The molecule has 0 unspecified atom stereocenters. The lowest BCUT2D eigenvalue weighted by Crippen LogP contribution is -2.41. The van der Waals surface area contributed by atoms with Crippen LogP contribution in [-0.2, 0) is 11.0 Å². The molecule has 2 saturated carbocycles. The molecule has 1 heterocycles. The number of nitro groups is 1. The molecule has 0 bridgehead atoms. The standard InChI is InChI=1S/C29H29ClF3N3O4S/c30-22-15-18(11-13-24(22)40-25-14-12-19(29(31,32)33)17-23(25)36(38)39)16-26-27(37)35(21-9-5-2-6-10-21)28(41-26)34-20-7-3-1-4-8-20/h11-17,20-21H,1-10H2/b26-16-,34-28?. The number of hydrogen-bond acceptors (Lipinski definition) is 6. The number of halogens is 4. The third-order valence-corrected chi connectivity index (χ3v) is 8.89. The van der Waals surface area contributed by atoms with E-state index < -0.39 is 22.4 Å². The summed E-state index contributed by atoms with van der Waals surface area (Å²) in [7, 11) is 0. The van der Waals surface area contributed by atoms with Crippen LogP contribution in [0.5, 0.6) is 11.5 Å². The zero-order valence-electron chi connectivity index (χ0n) is 22.2. The van der Waals surface area contributed by atoms with Gasteiger partial charge in [0.15, 0.2) is 5.17 Å². The topological polar surface area (TPSA) is 85.0 Å². The smallest absolute Gasteiger partial charge is 0.416 e. The number of alkyl halides is 3.